The quantitative estimate of drug-likeness (QED) is 0.427. The van der Waals surface area contributed by atoms with Crippen molar-refractivity contribution in [2.45, 2.75) is 27.4 Å². The number of rotatable bonds is 5. The van der Waals surface area contributed by atoms with E-state index in [4.69, 9.17) is 18.3 Å². The van der Waals surface area contributed by atoms with Crippen molar-refractivity contribution in [3.63, 3.8) is 0 Å². The SMILES string of the molecule is CC(=O)Oc1c(C)c(-c2cc3cccc(OCc4ccccc4)c3o2)oc(=O)c1C. The van der Waals surface area contributed by atoms with Crippen molar-refractivity contribution in [1.82, 2.24) is 0 Å². The lowest BCUT2D eigenvalue weighted by Crippen LogP contribution is -2.12. The molecule has 0 saturated heterocycles. The molecule has 0 spiro atoms. The van der Waals surface area contributed by atoms with Crippen LogP contribution in [0.25, 0.3) is 22.5 Å². The largest absolute Gasteiger partial charge is 0.485 e. The second-order valence-corrected chi connectivity index (χ2v) is 6.95. The molecule has 0 aliphatic rings. The third kappa shape index (κ3) is 3.72. The fourth-order valence-corrected chi connectivity index (χ4v) is 3.25. The highest BCUT2D eigenvalue weighted by Crippen LogP contribution is 2.37. The molecule has 0 aliphatic carbocycles. The van der Waals surface area contributed by atoms with Crippen LogP contribution < -0.4 is 15.1 Å². The van der Waals surface area contributed by atoms with Crippen LogP contribution in [0, 0.1) is 13.8 Å². The first kappa shape index (κ1) is 19.5. The van der Waals surface area contributed by atoms with Crippen LogP contribution in [-0.2, 0) is 11.4 Å². The summed E-state index contributed by atoms with van der Waals surface area (Å²) in [6.07, 6.45) is 0. The second kappa shape index (κ2) is 7.91. The van der Waals surface area contributed by atoms with Gasteiger partial charge < -0.3 is 18.3 Å². The van der Waals surface area contributed by atoms with E-state index in [2.05, 4.69) is 0 Å². The normalized spacial score (nSPS) is 10.9. The monoisotopic (exact) mass is 404 g/mol. The lowest BCUT2D eigenvalue weighted by Gasteiger charge is -2.10. The van der Waals surface area contributed by atoms with Gasteiger partial charge in [0.2, 0.25) is 0 Å². The van der Waals surface area contributed by atoms with Crippen LogP contribution in [0.15, 0.2) is 68.2 Å². The number of benzene rings is 2. The van der Waals surface area contributed by atoms with E-state index in [-0.39, 0.29) is 17.1 Å². The molecule has 2 aromatic heterocycles. The fourth-order valence-electron chi connectivity index (χ4n) is 3.25. The molecule has 0 fully saturated rings. The van der Waals surface area contributed by atoms with Gasteiger partial charge in [0.25, 0.3) is 0 Å². The molecule has 0 atom stereocenters. The first-order valence-corrected chi connectivity index (χ1v) is 9.46. The summed E-state index contributed by atoms with van der Waals surface area (Å²) >= 11 is 0. The number of carbonyl (C=O) groups is 1. The molecule has 152 valence electrons. The standard InChI is InChI=1S/C24H20O6/c1-14-21(28-16(3)25)15(2)24(26)30-22(14)20-12-18-10-7-11-19(23(18)29-20)27-13-17-8-5-4-6-9-17/h4-12H,13H2,1-3H3. The first-order chi connectivity index (χ1) is 14.4. The molecule has 0 aliphatic heterocycles. The minimum atomic E-state index is -0.590. The maximum absolute atomic E-state index is 12.3. The maximum Gasteiger partial charge on any atom is 0.343 e. The summed E-state index contributed by atoms with van der Waals surface area (Å²) in [5.41, 5.74) is 1.73. The molecule has 0 saturated carbocycles. The van der Waals surface area contributed by atoms with Gasteiger partial charge in [-0.3, -0.25) is 4.79 Å². The van der Waals surface area contributed by atoms with Gasteiger partial charge >= 0.3 is 11.6 Å². The molecule has 4 rings (SSSR count). The number of hydrogen-bond acceptors (Lipinski definition) is 6. The van der Waals surface area contributed by atoms with Crippen LogP contribution in [-0.4, -0.2) is 5.97 Å². The lowest BCUT2D eigenvalue weighted by atomic mass is 10.1. The number of carbonyl (C=O) groups excluding carboxylic acids is 1. The Kier molecular flexibility index (Phi) is 5.14. The van der Waals surface area contributed by atoms with Crippen molar-refractivity contribution < 1.29 is 23.1 Å². The van der Waals surface area contributed by atoms with Crippen molar-refractivity contribution in [2.24, 2.45) is 0 Å². The van der Waals surface area contributed by atoms with Gasteiger partial charge in [-0.1, -0.05) is 42.5 Å². The van der Waals surface area contributed by atoms with Gasteiger partial charge in [-0.25, -0.2) is 4.79 Å². The third-order valence-corrected chi connectivity index (χ3v) is 4.74. The van der Waals surface area contributed by atoms with Crippen LogP contribution in [0.1, 0.15) is 23.6 Å². The Labute approximate surface area is 172 Å². The van der Waals surface area contributed by atoms with Gasteiger partial charge in [-0.2, -0.15) is 0 Å². The van der Waals surface area contributed by atoms with Gasteiger partial charge in [-0.05, 0) is 31.5 Å². The molecular formula is C24H20O6. The molecule has 30 heavy (non-hydrogen) atoms. The zero-order chi connectivity index (χ0) is 21.3. The number of furan rings is 1. The molecule has 0 bridgehead atoms. The van der Waals surface area contributed by atoms with Crippen molar-refractivity contribution >= 4 is 16.9 Å². The molecule has 2 heterocycles. The summed E-state index contributed by atoms with van der Waals surface area (Å²) in [7, 11) is 0. The van der Waals surface area contributed by atoms with Crippen molar-refractivity contribution in [3.05, 3.63) is 81.7 Å². The van der Waals surface area contributed by atoms with Crippen LogP contribution in [0.3, 0.4) is 0 Å². The van der Waals surface area contributed by atoms with Crippen molar-refractivity contribution in [2.75, 3.05) is 0 Å². The number of hydrogen-bond donors (Lipinski definition) is 0. The van der Waals surface area contributed by atoms with E-state index in [0.717, 1.165) is 10.9 Å². The fraction of sp³-hybridized carbons (Fsp3) is 0.167. The summed E-state index contributed by atoms with van der Waals surface area (Å²) in [5.74, 6) is 0.819. The Morgan fingerprint density at radius 3 is 2.47 bits per heavy atom. The van der Waals surface area contributed by atoms with E-state index in [9.17, 15) is 9.59 Å². The van der Waals surface area contributed by atoms with Crippen LogP contribution in [0.5, 0.6) is 11.5 Å². The van der Waals surface area contributed by atoms with E-state index in [1.165, 1.54) is 6.92 Å². The van der Waals surface area contributed by atoms with Gasteiger partial charge in [-0.15, -0.1) is 0 Å². The highest BCUT2D eigenvalue weighted by molar-refractivity contribution is 5.87. The summed E-state index contributed by atoms with van der Waals surface area (Å²) < 4.78 is 22.7. The lowest BCUT2D eigenvalue weighted by molar-refractivity contribution is -0.132. The van der Waals surface area contributed by atoms with E-state index in [1.54, 1.807) is 19.9 Å². The number of esters is 1. The number of fused-ring (bicyclic) bond motifs is 1. The van der Waals surface area contributed by atoms with Crippen LogP contribution in [0.2, 0.25) is 0 Å². The number of ether oxygens (including phenoxy) is 2. The molecule has 0 unspecified atom stereocenters. The molecular weight excluding hydrogens is 384 g/mol. The Balaban J connectivity index is 1.75. The summed E-state index contributed by atoms with van der Waals surface area (Å²) in [4.78, 5) is 23.7. The Hall–Kier alpha value is -3.80. The van der Waals surface area contributed by atoms with E-state index in [0.29, 0.717) is 29.3 Å². The average molecular weight is 404 g/mol. The zero-order valence-electron chi connectivity index (χ0n) is 16.9. The molecule has 0 amide bonds. The zero-order valence-corrected chi connectivity index (χ0v) is 16.9. The number of para-hydroxylation sites is 1. The Bertz CT molecular complexity index is 1280. The topological polar surface area (TPSA) is 78.9 Å². The molecule has 6 heteroatoms. The minimum absolute atomic E-state index is 0.190. The molecule has 0 radical (unpaired) electrons. The van der Waals surface area contributed by atoms with Gasteiger partial charge in [0, 0.05) is 17.9 Å². The van der Waals surface area contributed by atoms with Gasteiger partial charge in [0.05, 0.1) is 5.56 Å². The molecule has 4 aromatic rings. The summed E-state index contributed by atoms with van der Waals surface area (Å²) in [6.45, 7) is 4.94. The Morgan fingerprint density at radius 2 is 1.73 bits per heavy atom. The molecule has 6 nitrogen and oxygen atoms in total. The van der Waals surface area contributed by atoms with Crippen molar-refractivity contribution in [1.29, 1.82) is 0 Å². The van der Waals surface area contributed by atoms with Crippen LogP contribution in [0.4, 0.5) is 0 Å². The predicted octanol–water partition coefficient (Wildman–Crippen LogP) is 5.17. The highest BCUT2D eigenvalue weighted by atomic mass is 16.5. The molecule has 2 aromatic carbocycles. The predicted molar refractivity (Wildman–Crippen MR) is 112 cm³/mol. The van der Waals surface area contributed by atoms with Gasteiger partial charge in [0.1, 0.15) is 12.4 Å². The summed E-state index contributed by atoms with van der Waals surface area (Å²) in [6, 6.07) is 17.1. The maximum atomic E-state index is 12.3. The van der Waals surface area contributed by atoms with E-state index in [1.807, 2.05) is 48.5 Å². The van der Waals surface area contributed by atoms with E-state index >= 15 is 0 Å². The highest BCUT2D eigenvalue weighted by Gasteiger charge is 2.21. The summed E-state index contributed by atoms with van der Waals surface area (Å²) in [5, 5.41) is 0.798. The minimum Gasteiger partial charge on any atom is -0.485 e. The van der Waals surface area contributed by atoms with E-state index < -0.39 is 11.6 Å². The second-order valence-electron chi connectivity index (χ2n) is 6.95. The molecule has 0 N–H and O–H groups in total. The third-order valence-electron chi connectivity index (χ3n) is 4.74. The van der Waals surface area contributed by atoms with Crippen LogP contribution >= 0.6 is 0 Å². The van der Waals surface area contributed by atoms with Crippen molar-refractivity contribution in [3.8, 4) is 23.0 Å². The Morgan fingerprint density at radius 1 is 0.967 bits per heavy atom. The van der Waals surface area contributed by atoms with Gasteiger partial charge in [0.15, 0.2) is 22.9 Å². The first-order valence-electron chi connectivity index (χ1n) is 9.46. The average Bonchev–Trinajstić information content (AvgIpc) is 3.17. The smallest absolute Gasteiger partial charge is 0.343 e.